The number of nitrogens with zero attached hydrogens (tertiary/aromatic N) is 3. The van der Waals surface area contributed by atoms with Crippen LogP contribution in [0.4, 0.5) is 5.69 Å². The molecule has 2 fully saturated rings. The average Bonchev–Trinajstić information content (AvgIpc) is 2.70. The second-order valence-corrected chi connectivity index (χ2v) is 8.88. The van der Waals surface area contributed by atoms with Gasteiger partial charge in [-0.2, -0.15) is 0 Å². The maximum Gasteiger partial charge on any atom is 0.221 e. The van der Waals surface area contributed by atoms with Crippen LogP contribution in [0.1, 0.15) is 45.6 Å². The quantitative estimate of drug-likeness (QED) is 0.733. The number of rotatable bonds is 7. The van der Waals surface area contributed by atoms with E-state index in [0.29, 0.717) is 18.1 Å². The van der Waals surface area contributed by atoms with Crippen LogP contribution in [0.3, 0.4) is 0 Å². The summed E-state index contributed by atoms with van der Waals surface area (Å²) in [5.74, 6) is -0.0417. The number of anilines is 1. The minimum Gasteiger partial charge on any atom is -0.396 e. The molecular weight excluding hydrogens is 364 g/mol. The predicted octanol–water partition coefficient (Wildman–Crippen LogP) is 2.39. The van der Waals surface area contributed by atoms with Crippen LogP contribution < -0.4 is 5.32 Å². The highest BCUT2D eigenvalue weighted by molar-refractivity contribution is 5.88. The largest absolute Gasteiger partial charge is 0.396 e. The van der Waals surface area contributed by atoms with Gasteiger partial charge in [-0.05, 0) is 63.9 Å². The van der Waals surface area contributed by atoms with Crippen LogP contribution in [0.25, 0.3) is 0 Å². The van der Waals surface area contributed by atoms with Gasteiger partial charge >= 0.3 is 0 Å². The number of piperidine rings is 1. The molecule has 1 amide bonds. The third-order valence-corrected chi connectivity index (χ3v) is 6.45. The van der Waals surface area contributed by atoms with E-state index in [9.17, 15) is 9.90 Å². The topological polar surface area (TPSA) is 59.1 Å². The fourth-order valence-corrected chi connectivity index (χ4v) is 4.85. The minimum atomic E-state index is -0.0417. The molecule has 29 heavy (non-hydrogen) atoms. The highest BCUT2D eigenvalue weighted by atomic mass is 16.3. The normalized spacial score (nSPS) is 22.9. The third-order valence-electron chi connectivity index (χ3n) is 6.45. The van der Waals surface area contributed by atoms with Gasteiger partial charge in [0.25, 0.3) is 0 Å². The number of nitrogens with one attached hydrogen (secondary N) is 1. The summed E-state index contributed by atoms with van der Waals surface area (Å²) in [4.78, 5) is 19.0. The van der Waals surface area contributed by atoms with Gasteiger partial charge in [0.2, 0.25) is 5.91 Å². The zero-order valence-corrected chi connectivity index (χ0v) is 18.3. The van der Waals surface area contributed by atoms with E-state index in [4.69, 9.17) is 0 Å². The van der Waals surface area contributed by atoms with Crippen molar-refractivity contribution in [2.45, 2.75) is 64.7 Å². The van der Waals surface area contributed by atoms with E-state index in [0.717, 1.165) is 38.3 Å². The van der Waals surface area contributed by atoms with E-state index in [1.54, 1.807) is 0 Å². The first-order valence-corrected chi connectivity index (χ1v) is 11.2. The van der Waals surface area contributed by atoms with Crippen LogP contribution in [0.15, 0.2) is 24.3 Å². The van der Waals surface area contributed by atoms with Crippen molar-refractivity contribution in [2.75, 3.05) is 44.6 Å². The minimum absolute atomic E-state index is 0.0417. The predicted molar refractivity (Wildman–Crippen MR) is 118 cm³/mol. The van der Waals surface area contributed by atoms with Gasteiger partial charge in [-0.3, -0.25) is 14.6 Å². The van der Waals surface area contributed by atoms with Crippen LogP contribution in [0.5, 0.6) is 0 Å². The lowest BCUT2D eigenvalue weighted by Gasteiger charge is -2.48. The molecule has 0 bridgehead atoms. The smallest absolute Gasteiger partial charge is 0.221 e. The first kappa shape index (κ1) is 22.2. The summed E-state index contributed by atoms with van der Waals surface area (Å²) < 4.78 is 0. The number of aliphatic hydroxyl groups excluding tert-OH is 1. The molecular formula is C23H38N4O2. The summed E-state index contributed by atoms with van der Waals surface area (Å²) in [5, 5.41) is 12.5. The zero-order chi connectivity index (χ0) is 20.8. The fourth-order valence-electron chi connectivity index (χ4n) is 4.85. The Morgan fingerprint density at radius 2 is 1.83 bits per heavy atom. The summed E-state index contributed by atoms with van der Waals surface area (Å²) in [6, 6.07) is 9.86. The number of carbonyl (C=O) groups is 1. The molecule has 2 aliphatic rings. The van der Waals surface area contributed by atoms with Crippen LogP contribution >= 0.6 is 0 Å². The van der Waals surface area contributed by atoms with Crippen LogP contribution in [-0.4, -0.2) is 83.2 Å². The number of aliphatic hydroxyl groups is 1. The van der Waals surface area contributed by atoms with Gasteiger partial charge in [0, 0.05) is 63.5 Å². The molecule has 1 aromatic carbocycles. The standard InChI is InChI=1S/C23H38N4O2/c1-18(2)26-11-8-22(9-12-26)27-14-13-25(17-23(27)10-15-28)16-20-4-6-21(7-5-20)24-19(3)29/h4-7,18,22-23,28H,8-17H2,1-3H3,(H,24,29). The summed E-state index contributed by atoms with van der Waals surface area (Å²) in [7, 11) is 0. The van der Waals surface area contributed by atoms with E-state index in [2.05, 4.69) is 46.0 Å². The van der Waals surface area contributed by atoms with Crippen LogP contribution in [0.2, 0.25) is 0 Å². The van der Waals surface area contributed by atoms with Crippen molar-refractivity contribution in [1.82, 2.24) is 14.7 Å². The van der Waals surface area contributed by atoms with Gasteiger partial charge in [-0.25, -0.2) is 0 Å². The monoisotopic (exact) mass is 402 g/mol. The number of hydrogen-bond acceptors (Lipinski definition) is 5. The highest BCUT2D eigenvalue weighted by Crippen LogP contribution is 2.25. The molecule has 0 spiro atoms. The molecule has 2 heterocycles. The number of hydrogen-bond donors (Lipinski definition) is 2. The Hall–Kier alpha value is -1.47. The van der Waals surface area contributed by atoms with Crippen molar-refractivity contribution >= 4 is 11.6 Å². The number of benzene rings is 1. The SMILES string of the molecule is CC(=O)Nc1ccc(CN2CCN(C3CCN(C(C)C)CC3)C(CCO)C2)cc1. The fraction of sp³-hybridized carbons (Fsp3) is 0.696. The molecule has 1 atom stereocenters. The second-order valence-electron chi connectivity index (χ2n) is 8.88. The number of carbonyl (C=O) groups excluding carboxylic acids is 1. The molecule has 3 rings (SSSR count). The molecule has 2 N–H and O–H groups in total. The summed E-state index contributed by atoms with van der Waals surface area (Å²) in [5.41, 5.74) is 2.11. The van der Waals surface area contributed by atoms with Gasteiger partial charge < -0.3 is 15.3 Å². The van der Waals surface area contributed by atoms with Gasteiger partial charge in [0.1, 0.15) is 0 Å². The summed E-state index contributed by atoms with van der Waals surface area (Å²) in [6.45, 7) is 12.8. The first-order chi connectivity index (χ1) is 14.0. The maximum absolute atomic E-state index is 11.2. The van der Waals surface area contributed by atoms with E-state index in [-0.39, 0.29) is 12.5 Å². The Balaban J connectivity index is 1.55. The lowest BCUT2D eigenvalue weighted by molar-refractivity contribution is -0.114. The van der Waals surface area contributed by atoms with Gasteiger partial charge in [-0.1, -0.05) is 12.1 Å². The molecule has 1 unspecified atom stereocenters. The van der Waals surface area contributed by atoms with Crippen molar-refractivity contribution in [1.29, 1.82) is 0 Å². The van der Waals surface area contributed by atoms with E-state index in [1.807, 2.05) is 12.1 Å². The van der Waals surface area contributed by atoms with Crippen molar-refractivity contribution in [3.8, 4) is 0 Å². The van der Waals surface area contributed by atoms with Crippen molar-refractivity contribution in [3.63, 3.8) is 0 Å². The molecule has 0 radical (unpaired) electrons. The lowest BCUT2D eigenvalue weighted by Crippen LogP contribution is -2.58. The number of amides is 1. The lowest BCUT2D eigenvalue weighted by atomic mass is 9.97. The Kier molecular flexibility index (Phi) is 8.07. The number of likely N-dealkylation sites (tertiary alicyclic amines) is 1. The highest BCUT2D eigenvalue weighted by Gasteiger charge is 2.33. The van der Waals surface area contributed by atoms with Gasteiger partial charge in [0.15, 0.2) is 0 Å². The maximum atomic E-state index is 11.2. The van der Waals surface area contributed by atoms with Gasteiger partial charge in [0.05, 0.1) is 0 Å². The summed E-state index contributed by atoms with van der Waals surface area (Å²) >= 11 is 0. The van der Waals surface area contributed by atoms with Crippen molar-refractivity contribution in [2.24, 2.45) is 0 Å². The Labute approximate surface area is 175 Å². The Bertz CT molecular complexity index is 641. The van der Waals surface area contributed by atoms with Crippen LogP contribution in [0, 0.1) is 0 Å². The van der Waals surface area contributed by atoms with E-state index < -0.39 is 0 Å². The molecule has 0 saturated carbocycles. The summed E-state index contributed by atoms with van der Waals surface area (Å²) in [6.07, 6.45) is 3.33. The Morgan fingerprint density at radius 1 is 1.14 bits per heavy atom. The second kappa shape index (κ2) is 10.5. The van der Waals surface area contributed by atoms with E-state index in [1.165, 1.54) is 38.4 Å². The number of piperazine rings is 1. The van der Waals surface area contributed by atoms with Gasteiger partial charge in [-0.15, -0.1) is 0 Å². The van der Waals surface area contributed by atoms with Crippen molar-refractivity contribution < 1.29 is 9.90 Å². The third kappa shape index (κ3) is 6.25. The molecule has 0 aliphatic carbocycles. The molecule has 6 heteroatoms. The molecule has 0 aromatic heterocycles. The van der Waals surface area contributed by atoms with Crippen molar-refractivity contribution in [3.05, 3.63) is 29.8 Å². The van der Waals surface area contributed by atoms with Crippen LogP contribution in [-0.2, 0) is 11.3 Å². The molecule has 2 saturated heterocycles. The molecule has 1 aromatic rings. The zero-order valence-electron chi connectivity index (χ0n) is 18.3. The Morgan fingerprint density at radius 3 is 2.41 bits per heavy atom. The van der Waals surface area contributed by atoms with E-state index >= 15 is 0 Å². The molecule has 162 valence electrons. The average molecular weight is 403 g/mol. The molecule has 6 nitrogen and oxygen atoms in total. The first-order valence-electron chi connectivity index (χ1n) is 11.2. The molecule has 2 aliphatic heterocycles.